The SMILES string of the molecule is Cc1ccc(-c2nc(-c3ccc(C)cc3)c(Nc3ccccc3)s2)cc1. The van der Waals surface area contributed by atoms with Gasteiger partial charge in [-0.2, -0.15) is 0 Å². The smallest absolute Gasteiger partial charge is 0.126 e. The van der Waals surface area contributed by atoms with Crippen LogP contribution >= 0.6 is 11.3 Å². The van der Waals surface area contributed by atoms with E-state index in [0.29, 0.717) is 0 Å². The molecule has 0 radical (unpaired) electrons. The minimum absolute atomic E-state index is 0.995. The van der Waals surface area contributed by atoms with Crippen LogP contribution in [0.2, 0.25) is 0 Å². The summed E-state index contributed by atoms with van der Waals surface area (Å²) in [5, 5.41) is 5.64. The van der Waals surface area contributed by atoms with Crippen LogP contribution in [-0.2, 0) is 0 Å². The normalized spacial score (nSPS) is 10.7. The Kier molecular flexibility index (Phi) is 4.55. The first-order chi connectivity index (χ1) is 12.7. The molecule has 1 heterocycles. The summed E-state index contributed by atoms with van der Waals surface area (Å²) in [5.74, 6) is 0. The van der Waals surface area contributed by atoms with Crippen molar-refractivity contribution in [1.29, 1.82) is 0 Å². The Morgan fingerprint density at radius 3 is 1.88 bits per heavy atom. The first-order valence-corrected chi connectivity index (χ1v) is 9.48. The number of thiazole rings is 1. The van der Waals surface area contributed by atoms with Gasteiger partial charge in [-0.1, -0.05) is 89.2 Å². The fraction of sp³-hybridized carbons (Fsp3) is 0.0870. The first-order valence-electron chi connectivity index (χ1n) is 8.66. The third-order valence-electron chi connectivity index (χ3n) is 4.28. The van der Waals surface area contributed by atoms with Crippen LogP contribution < -0.4 is 5.32 Å². The summed E-state index contributed by atoms with van der Waals surface area (Å²) in [7, 11) is 0. The van der Waals surface area contributed by atoms with Crippen molar-refractivity contribution in [2.45, 2.75) is 13.8 Å². The van der Waals surface area contributed by atoms with E-state index < -0.39 is 0 Å². The molecular formula is C23H20N2S. The number of aryl methyl sites for hydroxylation is 2. The molecule has 3 aromatic carbocycles. The Balaban J connectivity index is 1.79. The van der Waals surface area contributed by atoms with E-state index in [-0.39, 0.29) is 0 Å². The fourth-order valence-corrected chi connectivity index (χ4v) is 3.80. The van der Waals surface area contributed by atoms with Gasteiger partial charge in [-0.25, -0.2) is 4.98 Å². The van der Waals surface area contributed by atoms with Crippen LogP contribution in [0.5, 0.6) is 0 Å². The van der Waals surface area contributed by atoms with E-state index in [1.807, 2.05) is 18.2 Å². The molecule has 0 aliphatic carbocycles. The molecular weight excluding hydrogens is 336 g/mol. The highest BCUT2D eigenvalue weighted by Crippen LogP contribution is 2.39. The second kappa shape index (κ2) is 7.14. The lowest BCUT2D eigenvalue weighted by Crippen LogP contribution is -1.90. The highest BCUT2D eigenvalue weighted by atomic mass is 32.1. The number of rotatable bonds is 4. The molecule has 0 fully saturated rings. The molecule has 0 bridgehead atoms. The number of nitrogens with one attached hydrogen (secondary N) is 1. The summed E-state index contributed by atoms with van der Waals surface area (Å²) in [5.41, 5.74) is 6.85. The molecule has 0 amide bonds. The van der Waals surface area contributed by atoms with Gasteiger partial charge in [-0.05, 0) is 26.0 Å². The van der Waals surface area contributed by atoms with E-state index in [4.69, 9.17) is 4.98 Å². The van der Waals surface area contributed by atoms with Gasteiger partial charge in [-0.3, -0.25) is 0 Å². The molecule has 0 saturated heterocycles. The molecule has 1 aromatic heterocycles. The van der Waals surface area contributed by atoms with E-state index >= 15 is 0 Å². The summed E-state index contributed by atoms with van der Waals surface area (Å²) in [6.07, 6.45) is 0. The Bertz CT molecular complexity index is 1000. The number of anilines is 2. The van der Waals surface area contributed by atoms with Gasteiger partial charge in [0.25, 0.3) is 0 Å². The third-order valence-corrected chi connectivity index (χ3v) is 5.30. The molecule has 4 aromatic rings. The molecule has 0 saturated carbocycles. The van der Waals surface area contributed by atoms with Crippen molar-refractivity contribution in [2.75, 3.05) is 5.32 Å². The average Bonchev–Trinajstić information content (AvgIpc) is 3.07. The topological polar surface area (TPSA) is 24.9 Å². The van der Waals surface area contributed by atoms with Gasteiger partial charge in [0.1, 0.15) is 15.7 Å². The second-order valence-electron chi connectivity index (χ2n) is 6.42. The summed E-state index contributed by atoms with van der Waals surface area (Å²) in [6.45, 7) is 4.21. The van der Waals surface area contributed by atoms with E-state index in [1.54, 1.807) is 11.3 Å². The van der Waals surface area contributed by atoms with Crippen LogP contribution in [0.1, 0.15) is 11.1 Å². The van der Waals surface area contributed by atoms with Crippen LogP contribution in [0.3, 0.4) is 0 Å². The van der Waals surface area contributed by atoms with Crippen LogP contribution in [-0.4, -0.2) is 4.98 Å². The molecule has 26 heavy (non-hydrogen) atoms. The van der Waals surface area contributed by atoms with E-state index in [0.717, 1.165) is 32.5 Å². The Labute approximate surface area is 158 Å². The maximum Gasteiger partial charge on any atom is 0.126 e. The van der Waals surface area contributed by atoms with E-state index in [1.165, 1.54) is 11.1 Å². The maximum atomic E-state index is 4.96. The van der Waals surface area contributed by atoms with Crippen molar-refractivity contribution in [3.8, 4) is 21.8 Å². The van der Waals surface area contributed by atoms with Crippen LogP contribution in [0.15, 0.2) is 78.9 Å². The lowest BCUT2D eigenvalue weighted by molar-refractivity contribution is 1.38. The van der Waals surface area contributed by atoms with Crippen molar-refractivity contribution in [1.82, 2.24) is 4.98 Å². The first kappa shape index (κ1) is 16.6. The molecule has 0 aliphatic heterocycles. The average molecular weight is 356 g/mol. The van der Waals surface area contributed by atoms with Crippen LogP contribution in [0.25, 0.3) is 21.8 Å². The van der Waals surface area contributed by atoms with Gasteiger partial charge in [-0.15, -0.1) is 0 Å². The van der Waals surface area contributed by atoms with Gasteiger partial charge in [0, 0.05) is 16.8 Å². The summed E-state index contributed by atoms with van der Waals surface area (Å²) in [6, 6.07) is 27.3. The second-order valence-corrected chi connectivity index (χ2v) is 7.42. The number of para-hydroxylation sites is 1. The number of hydrogen-bond donors (Lipinski definition) is 1. The predicted molar refractivity (Wildman–Crippen MR) is 112 cm³/mol. The molecule has 0 unspecified atom stereocenters. The zero-order valence-electron chi connectivity index (χ0n) is 14.9. The molecule has 0 spiro atoms. The molecule has 4 rings (SSSR count). The van der Waals surface area contributed by atoms with Gasteiger partial charge in [0.15, 0.2) is 0 Å². The van der Waals surface area contributed by atoms with Crippen molar-refractivity contribution in [2.24, 2.45) is 0 Å². The molecule has 2 nitrogen and oxygen atoms in total. The largest absolute Gasteiger partial charge is 0.345 e. The van der Waals surface area contributed by atoms with Crippen molar-refractivity contribution >= 4 is 22.0 Å². The van der Waals surface area contributed by atoms with Gasteiger partial charge in [0.2, 0.25) is 0 Å². The van der Waals surface area contributed by atoms with Gasteiger partial charge < -0.3 is 5.32 Å². The fourth-order valence-electron chi connectivity index (χ4n) is 2.78. The lowest BCUT2D eigenvalue weighted by atomic mass is 10.1. The van der Waals surface area contributed by atoms with Crippen molar-refractivity contribution < 1.29 is 0 Å². The molecule has 3 heteroatoms. The number of nitrogens with zero attached hydrogens (tertiary/aromatic N) is 1. The zero-order chi connectivity index (χ0) is 17.9. The predicted octanol–water partition coefficient (Wildman–Crippen LogP) is 6.84. The summed E-state index contributed by atoms with van der Waals surface area (Å²) in [4.78, 5) is 4.96. The molecule has 0 atom stereocenters. The Hall–Kier alpha value is -2.91. The van der Waals surface area contributed by atoms with Gasteiger partial charge in [0.05, 0.1) is 0 Å². The standard InChI is InChI=1S/C23H20N2S/c1-16-8-12-18(13-9-16)21-23(24-20-6-4-3-5-7-20)26-22(25-21)19-14-10-17(2)11-15-19/h3-15,24H,1-2H3. The Morgan fingerprint density at radius 1 is 0.692 bits per heavy atom. The Morgan fingerprint density at radius 2 is 1.27 bits per heavy atom. The maximum absolute atomic E-state index is 4.96. The van der Waals surface area contributed by atoms with Gasteiger partial charge >= 0.3 is 0 Å². The van der Waals surface area contributed by atoms with Crippen molar-refractivity contribution in [3.05, 3.63) is 90.0 Å². The summed E-state index contributed by atoms with van der Waals surface area (Å²) < 4.78 is 0. The molecule has 0 aliphatic rings. The lowest BCUT2D eigenvalue weighted by Gasteiger charge is -2.06. The highest BCUT2D eigenvalue weighted by Gasteiger charge is 2.14. The quantitative estimate of drug-likeness (QED) is 0.433. The minimum Gasteiger partial charge on any atom is -0.345 e. The number of hydrogen-bond acceptors (Lipinski definition) is 3. The van der Waals surface area contributed by atoms with Crippen molar-refractivity contribution in [3.63, 3.8) is 0 Å². The highest BCUT2D eigenvalue weighted by molar-refractivity contribution is 7.19. The number of benzene rings is 3. The van der Waals surface area contributed by atoms with E-state index in [9.17, 15) is 0 Å². The zero-order valence-corrected chi connectivity index (χ0v) is 15.7. The van der Waals surface area contributed by atoms with Crippen LogP contribution in [0.4, 0.5) is 10.7 Å². The number of aromatic nitrogens is 1. The van der Waals surface area contributed by atoms with Crippen LogP contribution in [0, 0.1) is 13.8 Å². The monoisotopic (exact) mass is 356 g/mol. The third kappa shape index (κ3) is 3.53. The minimum atomic E-state index is 0.995. The molecule has 128 valence electrons. The molecule has 1 N–H and O–H groups in total. The van der Waals surface area contributed by atoms with E-state index in [2.05, 4.69) is 79.8 Å². The summed E-state index contributed by atoms with van der Waals surface area (Å²) >= 11 is 1.69.